The Morgan fingerprint density at radius 3 is 3.19 bits per heavy atom. The molecular weight excluding hydrogens is 284 g/mol. The van der Waals surface area contributed by atoms with E-state index in [1.165, 1.54) is 11.3 Å². The predicted molar refractivity (Wildman–Crippen MR) is 82.5 cm³/mol. The van der Waals surface area contributed by atoms with Gasteiger partial charge in [0.25, 0.3) is 5.91 Å². The highest BCUT2D eigenvalue weighted by Gasteiger charge is 2.24. The Morgan fingerprint density at radius 1 is 1.52 bits per heavy atom. The molecule has 0 saturated carbocycles. The molecule has 0 aliphatic carbocycles. The number of thiazole rings is 1. The van der Waals surface area contributed by atoms with Crippen molar-refractivity contribution in [3.63, 3.8) is 0 Å². The number of imidazole rings is 1. The van der Waals surface area contributed by atoms with Gasteiger partial charge in [-0.15, -0.1) is 11.3 Å². The molecule has 3 rings (SSSR count). The van der Waals surface area contributed by atoms with Gasteiger partial charge in [0.15, 0.2) is 0 Å². The number of nitrogens with zero attached hydrogens (tertiary/aromatic N) is 4. The molecule has 3 heterocycles. The molecule has 0 N–H and O–H groups in total. The van der Waals surface area contributed by atoms with Gasteiger partial charge in [-0.05, 0) is 18.8 Å². The van der Waals surface area contributed by atoms with E-state index in [4.69, 9.17) is 0 Å². The largest absolute Gasteiger partial charge is 0.341 e. The lowest BCUT2D eigenvalue weighted by Gasteiger charge is -2.27. The van der Waals surface area contributed by atoms with Crippen LogP contribution in [0.15, 0.2) is 17.9 Å². The van der Waals surface area contributed by atoms with Crippen LogP contribution < -0.4 is 0 Å². The van der Waals surface area contributed by atoms with Gasteiger partial charge in [-0.1, -0.05) is 6.92 Å². The summed E-state index contributed by atoms with van der Waals surface area (Å²) in [6.45, 7) is 3.82. The van der Waals surface area contributed by atoms with Crippen LogP contribution in [0.4, 0.5) is 0 Å². The number of amides is 1. The zero-order valence-electron chi connectivity index (χ0n) is 12.5. The second-order valence-electron chi connectivity index (χ2n) is 5.56. The molecular formula is C15H20N4OS. The number of carbonyl (C=O) groups excluding carboxylic acids is 1. The Balaban J connectivity index is 1.64. The summed E-state index contributed by atoms with van der Waals surface area (Å²) in [5.41, 5.74) is 2.67. The first-order valence-corrected chi connectivity index (χ1v) is 8.24. The van der Waals surface area contributed by atoms with E-state index in [1.807, 2.05) is 31.3 Å². The fraction of sp³-hybridized carbons (Fsp3) is 0.533. The number of carbonyl (C=O) groups is 1. The van der Waals surface area contributed by atoms with E-state index in [2.05, 4.69) is 14.5 Å². The highest BCUT2D eigenvalue weighted by Crippen LogP contribution is 2.22. The Morgan fingerprint density at radius 2 is 2.38 bits per heavy atom. The molecule has 0 saturated heterocycles. The van der Waals surface area contributed by atoms with Crippen molar-refractivity contribution < 1.29 is 4.79 Å². The van der Waals surface area contributed by atoms with Crippen molar-refractivity contribution in [2.45, 2.75) is 32.7 Å². The third-order valence-corrected chi connectivity index (χ3v) is 4.96. The molecule has 0 unspecified atom stereocenters. The molecule has 0 fully saturated rings. The van der Waals surface area contributed by atoms with Gasteiger partial charge in [-0.2, -0.15) is 0 Å². The predicted octanol–water partition coefficient (Wildman–Crippen LogP) is 2.24. The summed E-state index contributed by atoms with van der Waals surface area (Å²) >= 11 is 1.44. The average molecular weight is 304 g/mol. The van der Waals surface area contributed by atoms with Crippen LogP contribution in [0.2, 0.25) is 0 Å². The average Bonchev–Trinajstić information content (AvgIpc) is 3.14. The van der Waals surface area contributed by atoms with Gasteiger partial charge in [-0.3, -0.25) is 4.79 Å². The van der Waals surface area contributed by atoms with Crippen molar-refractivity contribution in [2.24, 2.45) is 5.92 Å². The minimum atomic E-state index is 0.100. The van der Waals surface area contributed by atoms with Crippen LogP contribution in [-0.4, -0.2) is 38.9 Å². The van der Waals surface area contributed by atoms with Gasteiger partial charge in [0.2, 0.25) is 0 Å². The van der Waals surface area contributed by atoms with Crippen LogP contribution in [0, 0.1) is 5.92 Å². The summed E-state index contributed by atoms with van der Waals surface area (Å²) in [4.78, 5) is 23.8. The van der Waals surface area contributed by atoms with Gasteiger partial charge in [0, 0.05) is 39.0 Å². The molecule has 1 aliphatic heterocycles. The van der Waals surface area contributed by atoms with Crippen molar-refractivity contribution in [2.75, 3.05) is 13.6 Å². The number of aromatic nitrogens is 3. The first-order valence-electron chi connectivity index (χ1n) is 7.36. The minimum Gasteiger partial charge on any atom is -0.341 e. The summed E-state index contributed by atoms with van der Waals surface area (Å²) in [5.74, 6) is 1.73. The van der Waals surface area contributed by atoms with E-state index in [-0.39, 0.29) is 5.91 Å². The highest BCUT2D eigenvalue weighted by molar-refractivity contribution is 7.11. The van der Waals surface area contributed by atoms with Gasteiger partial charge in [-0.25, -0.2) is 9.97 Å². The Bertz CT molecular complexity index is 633. The third kappa shape index (κ3) is 2.85. The Kier molecular flexibility index (Phi) is 4.05. The molecule has 0 bridgehead atoms. The molecule has 0 spiro atoms. The van der Waals surface area contributed by atoms with Gasteiger partial charge < -0.3 is 9.47 Å². The number of fused-ring (bicyclic) bond motifs is 1. The smallest absolute Gasteiger partial charge is 0.265 e. The molecule has 112 valence electrons. The SMILES string of the molecule is CCc1ncsc1C(=O)N(C)C[C@H]1CCn2ccnc2C1. The van der Waals surface area contributed by atoms with Gasteiger partial charge in [0.05, 0.1) is 11.2 Å². The van der Waals surface area contributed by atoms with E-state index in [1.54, 1.807) is 5.51 Å². The van der Waals surface area contributed by atoms with Crippen molar-refractivity contribution in [3.05, 3.63) is 34.3 Å². The van der Waals surface area contributed by atoms with Crippen molar-refractivity contribution in [3.8, 4) is 0 Å². The fourth-order valence-electron chi connectivity index (χ4n) is 2.91. The maximum Gasteiger partial charge on any atom is 0.265 e. The summed E-state index contributed by atoms with van der Waals surface area (Å²) in [6, 6.07) is 0. The quantitative estimate of drug-likeness (QED) is 0.870. The maximum atomic E-state index is 12.5. The second kappa shape index (κ2) is 5.97. The van der Waals surface area contributed by atoms with E-state index in [0.717, 1.165) is 48.7 Å². The van der Waals surface area contributed by atoms with E-state index < -0.39 is 0 Å². The van der Waals surface area contributed by atoms with Gasteiger partial charge in [0.1, 0.15) is 10.7 Å². The van der Waals surface area contributed by atoms with Crippen molar-refractivity contribution >= 4 is 17.2 Å². The van der Waals surface area contributed by atoms with Crippen LogP contribution in [0.25, 0.3) is 0 Å². The van der Waals surface area contributed by atoms with Gasteiger partial charge >= 0.3 is 0 Å². The number of rotatable bonds is 4. The maximum absolute atomic E-state index is 12.5. The summed E-state index contributed by atoms with van der Waals surface area (Å²) in [5, 5.41) is 0. The molecule has 0 radical (unpaired) electrons. The number of aryl methyl sites for hydroxylation is 2. The molecule has 6 heteroatoms. The third-order valence-electron chi connectivity index (χ3n) is 4.10. The highest BCUT2D eigenvalue weighted by atomic mass is 32.1. The topological polar surface area (TPSA) is 51.0 Å². The van der Waals surface area contributed by atoms with Crippen LogP contribution in [0.5, 0.6) is 0 Å². The number of hydrogen-bond donors (Lipinski definition) is 0. The van der Waals surface area contributed by atoms with Crippen LogP contribution in [0.1, 0.15) is 34.5 Å². The summed E-state index contributed by atoms with van der Waals surface area (Å²) in [7, 11) is 1.89. The second-order valence-corrected chi connectivity index (χ2v) is 6.42. The molecule has 2 aromatic heterocycles. The first kappa shape index (κ1) is 14.3. The minimum absolute atomic E-state index is 0.100. The van der Waals surface area contributed by atoms with E-state index >= 15 is 0 Å². The molecule has 0 aromatic carbocycles. The normalized spacial score (nSPS) is 17.5. The Labute approximate surface area is 128 Å². The molecule has 1 atom stereocenters. The molecule has 5 nitrogen and oxygen atoms in total. The lowest BCUT2D eigenvalue weighted by atomic mass is 9.97. The van der Waals surface area contributed by atoms with Crippen LogP contribution in [0.3, 0.4) is 0 Å². The summed E-state index contributed by atoms with van der Waals surface area (Å²) < 4.78 is 2.21. The Hall–Kier alpha value is -1.69. The summed E-state index contributed by atoms with van der Waals surface area (Å²) in [6.07, 6.45) is 6.75. The molecule has 1 aliphatic rings. The molecule has 1 amide bonds. The van der Waals surface area contributed by atoms with Crippen molar-refractivity contribution in [1.29, 1.82) is 0 Å². The van der Waals surface area contributed by atoms with Crippen LogP contribution in [-0.2, 0) is 19.4 Å². The zero-order valence-corrected chi connectivity index (χ0v) is 13.3. The monoisotopic (exact) mass is 304 g/mol. The standard InChI is InChI=1S/C15H20N4OS/c1-3-12-14(21-10-17-12)15(20)18(2)9-11-4-6-19-7-5-16-13(19)8-11/h5,7,10-11H,3-4,6,8-9H2,1-2H3/t11-/m0/s1. The number of hydrogen-bond acceptors (Lipinski definition) is 4. The zero-order chi connectivity index (χ0) is 14.8. The molecule has 21 heavy (non-hydrogen) atoms. The first-order chi connectivity index (χ1) is 10.2. The van der Waals surface area contributed by atoms with Crippen LogP contribution >= 0.6 is 11.3 Å². The lowest BCUT2D eigenvalue weighted by molar-refractivity contribution is 0.0767. The lowest BCUT2D eigenvalue weighted by Crippen LogP contribution is -2.35. The van der Waals surface area contributed by atoms with E-state index in [9.17, 15) is 4.79 Å². The van der Waals surface area contributed by atoms with Crippen molar-refractivity contribution in [1.82, 2.24) is 19.4 Å². The fourth-order valence-corrected chi connectivity index (χ4v) is 3.79. The molecule has 2 aromatic rings. The van der Waals surface area contributed by atoms with E-state index in [0.29, 0.717) is 5.92 Å².